The SMILES string of the molecule is Cl.Cl.[CH3][Ce]. The Hall–Kier alpha value is 1.96. The Morgan fingerprint density at radius 1 is 1.00 bits per heavy atom. The van der Waals surface area contributed by atoms with E-state index in [0.29, 0.717) is 0 Å². The number of halogens is 2. The zero-order valence-electron chi connectivity index (χ0n) is 2.32. The third-order valence-corrected chi connectivity index (χ3v) is 0. The Kier molecular flexibility index (Phi) is 84.8. The molecule has 0 aliphatic carbocycles. The fourth-order valence-electron chi connectivity index (χ4n) is 0. The van der Waals surface area contributed by atoms with Gasteiger partial charge in [0.25, 0.3) is 0 Å². The van der Waals surface area contributed by atoms with Crippen LogP contribution < -0.4 is 0 Å². The Morgan fingerprint density at radius 2 is 1.00 bits per heavy atom. The molecule has 0 nitrogen and oxygen atoms in total. The predicted molar refractivity (Wildman–Crippen MR) is 20.4 cm³/mol. The van der Waals surface area contributed by atoms with Crippen LogP contribution in [0.15, 0.2) is 0 Å². The van der Waals surface area contributed by atoms with Crippen LogP contribution in [0.2, 0.25) is 2.44 Å². The summed E-state index contributed by atoms with van der Waals surface area (Å²) in [6.45, 7) is 0. The summed E-state index contributed by atoms with van der Waals surface area (Å²) < 4.78 is 2.14. The molecule has 0 radical (unpaired) electrons. The molecular weight excluding hydrogens is 223 g/mol. The van der Waals surface area contributed by atoms with Gasteiger partial charge in [-0.05, 0) is 0 Å². The monoisotopic (exact) mass is 227 g/mol. The van der Waals surface area contributed by atoms with Crippen molar-refractivity contribution in [3.63, 3.8) is 0 Å². The summed E-state index contributed by atoms with van der Waals surface area (Å²) in [5.74, 6) is 0. The molecule has 0 heterocycles. The average molecular weight is 228 g/mol. The van der Waals surface area contributed by atoms with Crippen molar-refractivity contribution in [3.05, 3.63) is 0 Å². The van der Waals surface area contributed by atoms with Crippen LogP contribution in [0.4, 0.5) is 0 Å². The van der Waals surface area contributed by atoms with Gasteiger partial charge in [0.2, 0.25) is 0 Å². The van der Waals surface area contributed by atoms with Gasteiger partial charge >= 0.3 is 42.1 Å². The van der Waals surface area contributed by atoms with Crippen LogP contribution in [0.3, 0.4) is 0 Å². The summed E-state index contributed by atoms with van der Waals surface area (Å²) in [6, 6.07) is 0. The van der Waals surface area contributed by atoms with Gasteiger partial charge in [-0.3, -0.25) is 0 Å². The minimum atomic E-state index is 0. The molecule has 0 aliphatic heterocycles. The van der Waals surface area contributed by atoms with Crippen molar-refractivity contribution >= 4 is 24.8 Å². The maximum absolute atomic E-state index is 2.14. The van der Waals surface area contributed by atoms with E-state index >= 15 is 0 Å². The van der Waals surface area contributed by atoms with Gasteiger partial charge in [-0.25, -0.2) is 0 Å². The van der Waals surface area contributed by atoms with Gasteiger partial charge in [-0.15, -0.1) is 24.8 Å². The van der Waals surface area contributed by atoms with Crippen molar-refractivity contribution < 1.29 is 39.6 Å². The molecule has 0 saturated heterocycles. The fourth-order valence-corrected chi connectivity index (χ4v) is 0. The second-order valence-electron chi connectivity index (χ2n) is 0. The molecule has 0 spiro atoms. The second-order valence-corrected chi connectivity index (χ2v) is 0. The summed E-state index contributed by atoms with van der Waals surface area (Å²) >= 11 is 1.31. The molecule has 0 aromatic rings. The summed E-state index contributed by atoms with van der Waals surface area (Å²) in [7, 11) is 0. The van der Waals surface area contributed by atoms with E-state index in [0.717, 1.165) is 0 Å². The van der Waals surface area contributed by atoms with Crippen molar-refractivity contribution in [1.82, 2.24) is 0 Å². The molecule has 0 rings (SSSR count). The molecule has 27 valence electrons. The summed E-state index contributed by atoms with van der Waals surface area (Å²) in [6.07, 6.45) is 0. The molecule has 0 bridgehead atoms. The van der Waals surface area contributed by atoms with Crippen LogP contribution in [0.5, 0.6) is 0 Å². The van der Waals surface area contributed by atoms with Gasteiger partial charge in [0.15, 0.2) is 0 Å². The van der Waals surface area contributed by atoms with Crippen LogP contribution in [0.1, 0.15) is 0 Å². The van der Waals surface area contributed by atoms with E-state index in [-0.39, 0.29) is 24.8 Å². The first-order valence-corrected chi connectivity index (χ1v) is 3.64. The molecule has 3 heteroatoms. The molecule has 0 fully saturated rings. The maximum atomic E-state index is 2.14. The third-order valence-electron chi connectivity index (χ3n) is 0. The van der Waals surface area contributed by atoms with Crippen LogP contribution in [0.25, 0.3) is 0 Å². The first kappa shape index (κ1) is 16.7. The molecule has 0 aromatic carbocycles. The molecule has 0 atom stereocenters. The van der Waals surface area contributed by atoms with E-state index in [1.54, 1.807) is 0 Å². The quantitative estimate of drug-likeness (QED) is 0.588. The van der Waals surface area contributed by atoms with Gasteiger partial charge in [-0.2, -0.15) is 0 Å². The normalized spacial score (nSPS) is 1.00. The van der Waals surface area contributed by atoms with Crippen LogP contribution in [-0.2, 0) is 0 Å². The molecule has 0 unspecified atom stereocenters. The first-order valence-electron chi connectivity index (χ1n) is 0.500. The molecule has 0 aliphatic rings. The van der Waals surface area contributed by atoms with Crippen LogP contribution >= 0.6 is 24.8 Å². The van der Waals surface area contributed by atoms with Crippen molar-refractivity contribution in [3.8, 4) is 0 Å². The molecule has 4 heavy (non-hydrogen) atoms. The van der Waals surface area contributed by atoms with Crippen LogP contribution in [0, 0.1) is 39.6 Å². The molecule has 0 amide bonds. The average Bonchev–Trinajstić information content (AvgIpc) is 1.00. The Morgan fingerprint density at radius 3 is 1.00 bits per heavy atom. The molecule has 0 aromatic heterocycles. The molecule has 0 N–H and O–H groups in total. The fraction of sp³-hybridized carbons (Fsp3) is 1.00. The van der Waals surface area contributed by atoms with E-state index < -0.39 is 0 Å². The standard InChI is InChI=1S/CH3.Ce.2ClH/h1H3;;2*1H. The summed E-state index contributed by atoms with van der Waals surface area (Å²) in [4.78, 5) is 0. The number of rotatable bonds is 0. The summed E-state index contributed by atoms with van der Waals surface area (Å²) in [5, 5.41) is 0. The van der Waals surface area contributed by atoms with Gasteiger partial charge in [0.1, 0.15) is 0 Å². The van der Waals surface area contributed by atoms with Crippen molar-refractivity contribution in [2.45, 2.75) is 2.44 Å². The number of hydrogen-bond donors (Lipinski definition) is 0. The van der Waals surface area contributed by atoms with Gasteiger partial charge in [0, 0.05) is 0 Å². The van der Waals surface area contributed by atoms with Gasteiger partial charge < -0.3 is 0 Å². The van der Waals surface area contributed by atoms with Crippen LogP contribution in [-0.4, -0.2) is 0 Å². The topological polar surface area (TPSA) is 0 Å². The van der Waals surface area contributed by atoms with Gasteiger partial charge in [0.05, 0.1) is 0 Å². The van der Waals surface area contributed by atoms with E-state index in [1.807, 2.05) is 0 Å². The van der Waals surface area contributed by atoms with E-state index in [4.69, 9.17) is 0 Å². The zero-order valence-corrected chi connectivity index (χ0v) is 7.09. The predicted octanol–water partition coefficient (Wildman–Crippen LogP) is 1.43. The second kappa shape index (κ2) is 20.3. The van der Waals surface area contributed by atoms with E-state index in [2.05, 4.69) is 2.44 Å². The van der Waals surface area contributed by atoms with E-state index in [9.17, 15) is 0 Å². The van der Waals surface area contributed by atoms with Gasteiger partial charge in [-0.1, -0.05) is 0 Å². The van der Waals surface area contributed by atoms with Crippen molar-refractivity contribution in [1.29, 1.82) is 0 Å². The Labute approximate surface area is 65.8 Å². The van der Waals surface area contributed by atoms with Crippen molar-refractivity contribution in [2.24, 2.45) is 0 Å². The van der Waals surface area contributed by atoms with Crippen molar-refractivity contribution in [2.75, 3.05) is 0 Å². The molecular formula is CH5CeCl2. The molecule has 0 saturated carbocycles. The Balaban J connectivity index is -0.00000000500. The third kappa shape index (κ3) is 9.03. The minimum absolute atomic E-state index is 0. The Bertz CT molecular complexity index is 6.00. The summed E-state index contributed by atoms with van der Waals surface area (Å²) in [5.41, 5.74) is 0. The first-order chi connectivity index (χ1) is 1.00. The number of hydrogen-bond acceptors (Lipinski definition) is 0. The zero-order chi connectivity index (χ0) is 2.00. The van der Waals surface area contributed by atoms with E-state index in [1.165, 1.54) is 39.6 Å².